The Labute approximate surface area is 212 Å². The molecule has 1 amide bonds. The van der Waals surface area contributed by atoms with E-state index in [1.54, 1.807) is 22.6 Å². The molecule has 0 radical (unpaired) electrons. The number of carbonyl (C=O) groups excluding carboxylic acids is 1. The molecule has 0 bridgehead atoms. The minimum absolute atomic E-state index is 0.0880. The molecule has 36 heavy (non-hydrogen) atoms. The maximum absolute atomic E-state index is 13.9. The van der Waals surface area contributed by atoms with Crippen LogP contribution in [0.5, 0.6) is 0 Å². The molecule has 2 aliphatic rings. The number of nitrogen functional groups attached to an aromatic ring is 1. The van der Waals surface area contributed by atoms with Crippen LogP contribution in [-0.4, -0.2) is 45.6 Å². The summed E-state index contributed by atoms with van der Waals surface area (Å²) in [6, 6.07) is 16.8. The van der Waals surface area contributed by atoms with E-state index >= 15 is 0 Å². The number of nitrogens with one attached hydrogen (secondary N) is 1. The summed E-state index contributed by atoms with van der Waals surface area (Å²) in [7, 11) is 1.72. The highest BCUT2D eigenvalue weighted by Gasteiger charge is 2.36. The molecular formula is C26H24ClN7O2. The minimum Gasteiger partial charge on any atom is -0.368 e. The topological polar surface area (TPSA) is 109 Å². The summed E-state index contributed by atoms with van der Waals surface area (Å²) < 4.78 is 1.72. The maximum atomic E-state index is 13.9. The number of hydrogen-bond donors (Lipinski definition) is 2. The molecule has 3 N–H and O–H groups in total. The van der Waals surface area contributed by atoms with Crippen molar-refractivity contribution in [2.45, 2.75) is 18.9 Å². The Hall–Kier alpha value is -4.11. The van der Waals surface area contributed by atoms with Crippen molar-refractivity contribution in [1.29, 1.82) is 0 Å². The molecule has 0 saturated carbocycles. The van der Waals surface area contributed by atoms with Gasteiger partial charge in [-0.3, -0.25) is 14.2 Å². The smallest absolute Gasteiger partial charge is 0.264 e. The van der Waals surface area contributed by atoms with E-state index in [1.807, 2.05) is 48.5 Å². The molecule has 2 aromatic heterocycles. The zero-order chi connectivity index (χ0) is 25.0. The number of amides is 1. The molecule has 0 spiro atoms. The summed E-state index contributed by atoms with van der Waals surface area (Å²) in [4.78, 5) is 39.5. The monoisotopic (exact) mass is 501 g/mol. The van der Waals surface area contributed by atoms with Crippen LogP contribution in [0.1, 0.15) is 34.9 Å². The molecule has 2 aromatic carbocycles. The number of aromatic nitrogens is 3. The Bertz CT molecular complexity index is 1570. The number of halogens is 1. The van der Waals surface area contributed by atoms with Gasteiger partial charge in [0.2, 0.25) is 5.95 Å². The predicted molar refractivity (Wildman–Crippen MR) is 141 cm³/mol. The molecule has 0 aliphatic carbocycles. The quantitative estimate of drug-likeness (QED) is 0.439. The van der Waals surface area contributed by atoms with Gasteiger partial charge in [0.15, 0.2) is 0 Å². The van der Waals surface area contributed by atoms with Gasteiger partial charge in [-0.15, -0.1) is 0 Å². The highest BCUT2D eigenvalue weighted by atomic mass is 35.5. The minimum atomic E-state index is -0.222. The third-order valence-electron chi connectivity index (χ3n) is 6.86. The van der Waals surface area contributed by atoms with Crippen molar-refractivity contribution in [2.75, 3.05) is 36.2 Å². The van der Waals surface area contributed by atoms with Crippen molar-refractivity contribution in [3.63, 3.8) is 0 Å². The van der Waals surface area contributed by atoms with Crippen molar-refractivity contribution in [2.24, 2.45) is 0 Å². The first kappa shape index (κ1) is 22.4. The molecule has 0 unspecified atom stereocenters. The molecule has 9 nitrogen and oxygen atoms in total. The number of nitrogens with two attached hydrogens (primary N) is 1. The van der Waals surface area contributed by atoms with Gasteiger partial charge in [0.25, 0.3) is 11.5 Å². The number of para-hydroxylation sites is 1. The average molecular weight is 502 g/mol. The first-order valence-electron chi connectivity index (χ1n) is 11.8. The van der Waals surface area contributed by atoms with Gasteiger partial charge in [-0.1, -0.05) is 41.9 Å². The number of fused-ring (bicyclic) bond motifs is 2. The molecule has 6 rings (SSSR count). The van der Waals surface area contributed by atoms with Gasteiger partial charge < -0.3 is 20.9 Å². The van der Waals surface area contributed by atoms with E-state index in [4.69, 9.17) is 17.3 Å². The number of nitrogens with zero attached hydrogens (tertiary/aromatic N) is 5. The number of benzene rings is 2. The summed E-state index contributed by atoms with van der Waals surface area (Å²) in [5, 5.41) is 4.81. The second-order valence-corrected chi connectivity index (χ2v) is 9.48. The summed E-state index contributed by atoms with van der Waals surface area (Å²) in [6.07, 6.45) is 1.63. The Morgan fingerprint density at radius 3 is 2.69 bits per heavy atom. The van der Waals surface area contributed by atoms with Gasteiger partial charge in [0.05, 0.1) is 23.1 Å². The van der Waals surface area contributed by atoms with Crippen LogP contribution in [0.25, 0.3) is 16.5 Å². The fourth-order valence-electron chi connectivity index (χ4n) is 5.21. The van der Waals surface area contributed by atoms with Crippen LogP contribution in [-0.2, 0) is 0 Å². The number of carbonyl (C=O) groups is 1. The zero-order valence-corrected chi connectivity index (χ0v) is 20.4. The molecular weight excluding hydrogens is 478 g/mol. The lowest BCUT2D eigenvalue weighted by Crippen LogP contribution is -2.40. The first-order valence-corrected chi connectivity index (χ1v) is 12.1. The van der Waals surface area contributed by atoms with Crippen LogP contribution in [0.2, 0.25) is 5.02 Å². The normalized spacial score (nSPS) is 17.4. The highest BCUT2D eigenvalue weighted by molar-refractivity contribution is 6.35. The molecule has 1 atom stereocenters. The van der Waals surface area contributed by atoms with Crippen LogP contribution in [0.3, 0.4) is 0 Å². The van der Waals surface area contributed by atoms with Crippen molar-refractivity contribution < 1.29 is 4.79 Å². The summed E-state index contributed by atoms with van der Waals surface area (Å²) >= 11 is 6.48. The van der Waals surface area contributed by atoms with E-state index in [9.17, 15) is 9.59 Å². The Balaban J connectivity index is 1.59. The Kier molecular flexibility index (Phi) is 5.30. The van der Waals surface area contributed by atoms with Crippen molar-refractivity contribution in [1.82, 2.24) is 19.4 Å². The van der Waals surface area contributed by atoms with Gasteiger partial charge in [-0.05, 0) is 42.5 Å². The summed E-state index contributed by atoms with van der Waals surface area (Å²) in [5.41, 5.74) is 7.81. The first-order chi connectivity index (χ1) is 17.4. The third kappa shape index (κ3) is 3.46. The standard InChI is InChI=1S/C26H24ClN7O2/c1-32-14-29-22-21(24(32)35)23(31-26(28)30-22)33-12-6-11-18(33)19-13-15-7-5-10-17(27)20(15)25(36)34(19)16-8-3-2-4-9-16/h2-5,7-10,13,18H,6,11-12,14H2,1H3,(H3,28,29,30,31)/t18-/m0/s1. The van der Waals surface area contributed by atoms with Gasteiger partial charge >= 0.3 is 0 Å². The average Bonchev–Trinajstić information content (AvgIpc) is 3.36. The molecule has 4 heterocycles. The third-order valence-corrected chi connectivity index (χ3v) is 7.17. The Morgan fingerprint density at radius 1 is 1.08 bits per heavy atom. The van der Waals surface area contributed by atoms with Crippen LogP contribution < -0.4 is 21.5 Å². The maximum Gasteiger partial charge on any atom is 0.264 e. The van der Waals surface area contributed by atoms with E-state index in [1.165, 1.54) is 0 Å². The van der Waals surface area contributed by atoms with E-state index in [0.717, 1.165) is 29.6 Å². The molecule has 10 heteroatoms. The van der Waals surface area contributed by atoms with Crippen molar-refractivity contribution in [3.8, 4) is 5.69 Å². The van der Waals surface area contributed by atoms with Crippen LogP contribution in [0.15, 0.2) is 59.4 Å². The largest absolute Gasteiger partial charge is 0.368 e. The van der Waals surface area contributed by atoms with E-state index in [2.05, 4.69) is 20.2 Å². The summed E-state index contributed by atoms with van der Waals surface area (Å²) in [6.45, 7) is 0.991. The number of anilines is 3. The molecule has 2 aliphatic heterocycles. The summed E-state index contributed by atoms with van der Waals surface area (Å²) in [5.74, 6) is 0.819. The van der Waals surface area contributed by atoms with Crippen molar-refractivity contribution >= 4 is 45.9 Å². The Morgan fingerprint density at radius 2 is 1.89 bits per heavy atom. The fraction of sp³-hybridized carbons (Fsp3) is 0.231. The van der Waals surface area contributed by atoms with E-state index in [-0.39, 0.29) is 23.5 Å². The van der Waals surface area contributed by atoms with Gasteiger partial charge in [0, 0.05) is 25.0 Å². The number of rotatable bonds is 3. The lowest BCUT2D eigenvalue weighted by molar-refractivity contribution is 0.0796. The SMILES string of the molecule is CN1CNc2nc(N)nc(N3CCC[C@H]3c3cc4cccc(Cl)c4c(=O)n3-c3ccccc3)c2C1=O. The van der Waals surface area contributed by atoms with Crippen molar-refractivity contribution in [3.05, 3.63) is 81.2 Å². The predicted octanol–water partition coefficient (Wildman–Crippen LogP) is 3.81. The highest BCUT2D eigenvalue weighted by Crippen LogP contribution is 2.40. The zero-order valence-electron chi connectivity index (χ0n) is 19.6. The van der Waals surface area contributed by atoms with Gasteiger partial charge in [0.1, 0.15) is 17.2 Å². The lowest BCUT2D eigenvalue weighted by Gasteiger charge is -2.33. The molecule has 4 aromatic rings. The fourth-order valence-corrected chi connectivity index (χ4v) is 5.47. The van der Waals surface area contributed by atoms with E-state index in [0.29, 0.717) is 40.8 Å². The van der Waals surface area contributed by atoms with Crippen LogP contribution in [0, 0.1) is 0 Å². The second kappa shape index (κ2) is 8.53. The number of hydrogen-bond acceptors (Lipinski definition) is 7. The molecule has 1 saturated heterocycles. The lowest BCUT2D eigenvalue weighted by atomic mass is 10.0. The van der Waals surface area contributed by atoms with Crippen LogP contribution in [0.4, 0.5) is 17.6 Å². The van der Waals surface area contributed by atoms with E-state index < -0.39 is 0 Å². The second-order valence-electron chi connectivity index (χ2n) is 9.07. The molecule has 182 valence electrons. The van der Waals surface area contributed by atoms with Gasteiger partial charge in [-0.2, -0.15) is 9.97 Å². The molecule has 1 fully saturated rings. The van der Waals surface area contributed by atoms with Crippen LogP contribution >= 0.6 is 11.6 Å². The van der Waals surface area contributed by atoms with Gasteiger partial charge in [-0.25, -0.2) is 0 Å². The number of pyridine rings is 1.